The summed E-state index contributed by atoms with van der Waals surface area (Å²) in [5.74, 6) is 0.709. The fraction of sp³-hybridized carbons (Fsp3) is 0.462. The molecule has 18 heavy (non-hydrogen) atoms. The Bertz CT molecular complexity index is 355. The molecule has 102 valence electrons. The van der Waals surface area contributed by atoms with Crippen LogP contribution in [0.15, 0.2) is 24.3 Å². The first-order chi connectivity index (χ1) is 8.17. The number of ether oxygens (including phenoxy) is 1. The lowest BCUT2D eigenvalue weighted by Gasteiger charge is -2.10. The van der Waals surface area contributed by atoms with Crippen LogP contribution in [0.4, 0.5) is 0 Å². The highest BCUT2D eigenvalue weighted by Gasteiger charge is 2.11. The predicted molar refractivity (Wildman–Crippen MR) is 75.2 cm³/mol. The number of hydrogen-bond acceptors (Lipinski definition) is 3. The Labute approximate surface area is 114 Å². The Morgan fingerprint density at radius 1 is 1.39 bits per heavy atom. The molecule has 0 radical (unpaired) electrons. The fourth-order valence-corrected chi connectivity index (χ4v) is 1.47. The number of carbonyl (C=O) groups excluding carboxylic acids is 1. The van der Waals surface area contributed by atoms with Crippen LogP contribution in [0.3, 0.4) is 0 Å². The van der Waals surface area contributed by atoms with Crippen molar-refractivity contribution in [2.24, 2.45) is 5.73 Å². The lowest BCUT2D eigenvalue weighted by atomic mass is 10.1. The molecule has 1 aromatic carbocycles. The number of nitrogens with two attached hydrogens (primary N) is 1. The molecule has 4 nitrogen and oxygen atoms in total. The molecule has 1 rings (SSSR count). The fourth-order valence-electron chi connectivity index (χ4n) is 1.47. The van der Waals surface area contributed by atoms with Gasteiger partial charge in [0.2, 0.25) is 5.91 Å². The van der Waals surface area contributed by atoms with Crippen molar-refractivity contribution in [2.45, 2.75) is 25.8 Å². The first kappa shape index (κ1) is 16.7. The standard InChI is InChI=1S/C13H20N2O2.ClH/c1-3-8-17-11-6-4-10(5-7-11)9-12(14)13(16)15-2;/h4-7,12H,3,8-9,14H2,1-2H3,(H,15,16);1H/t12-;/m0./s1. The molecule has 0 aliphatic rings. The van der Waals surface area contributed by atoms with Crippen LogP contribution in [0.1, 0.15) is 18.9 Å². The van der Waals surface area contributed by atoms with Gasteiger partial charge >= 0.3 is 0 Å². The molecule has 3 N–H and O–H groups in total. The summed E-state index contributed by atoms with van der Waals surface area (Å²) in [7, 11) is 1.59. The van der Waals surface area contributed by atoms with Crippen molar-refractivity contribution in [3.05, 3.63) is 29.8 Å². The lowest BCUT2D eigenvalue weighted by Crippen LogP contribution is -2.40. The molecule has 0 aliphatic carbocycles. The summed E-state index contributed by atoms with van der Waals surface area (Å²) in [6, 6.07) is 7.19. The molecule has 0 saturated heterocycles. The Balaban J connectivity index is 0.00000289. The van der Waals surface area contributed by atoms with Crippen molar-refractivity contribution >= 4 is 18.3 Å². The Morgan fingerprint density at radius 2 is 2.00 bits per heavy atom. The van der Waals surface area contributed by atoms with Gasteiger partial charge in [-0.1, -0.05) is 19.1 Å². The molecule has 0 fully saturated rings. The summed E-state index contributed by atoms with van der Waals surface area (Å²) in [5, 5.41) is 2.54. The molecule has 1 atom stereocenters. The molecule has 0 spiro atoms. The maximum atomic E-state index is 11.3. The summed E-state index contributed by atoms with van der Waals surface area (Å²) < 4.78 is 5.47. The molecule has 0 aliphatic heterocycles. The maximum Gasteiger partial charge on any atom is 0.237 e. The summed E-state index contributed by atoms with van der Waals surface area (Å²) in [5.41, 5.74) is 6.77. The van der Waals surface area contributed by atoms with E-state index in [1.165, 1.54) is 0 Å². The number of halogens is 1. The number of carbonyl (C=O) groups is 1. The van der Waals surface area contributed by atoms with E-state index < -0.39 is 6.04 Å². The predicted octanol–water partition coefficient (Wildman–Crippen LogP) is 1.51. The van der Waals surface area contributed by atoms with Crippen molar-refractivity contribution in [1.82, 2.24) is 5.32 Å². The van der Waals surface area contributed by atoms with E-state index in [2.05, 4.69) is 12.2 Å². The smallest absolute Gasteiger partial charge is 0.237 e. The van der Waals surface area contributed by atoms with Crippen LogP contribution < -0.4 is 15.8 Å². The molecule has 0 aromatic heterocycles. The van der Waals surface area contributed by atoms with Crippen LogP contribution in [-0.2, 0) is 11.2 Å². The Kier molecular flexibility index (Phi) is 8.16. The van der Waals surface area contributed by atoms with E-state index in [-0.39, 0.29) is 18.3 Å². The highest BCUT2D eigenvalue weighted by Crippen LogP contribution is 2.13. The zero-order chi connectivity index (χ0) is 12.7. The lowest BCUT2D eigenvalue weighted by molar-refractivity contribution is -0.121. The zero-order valence-electron chi connectivity index (χ0n) is 10.8. The van der Waals surface area contributed by atoms with Crippen molar-refractivity contribution in [1.29, 1.82) is 0 Å². The van der Waals surface area contributed by atoms with E-state index in [4.69, 9.17) is 10.5 Å². The van der Waals surface area contributed by atoms with Gasteiger partial charge in [-0.3, -0.25) is 4.79 Å². The maximum absolute atomic E-state index is 11.3. The molecule has 0 bridgehead atoms. The molecule has 0 heterocycles. The third kappa shape index (κ3) is 5.38. The number of nitrogens with one attached hydrogen (secondary N) is 1. The summed E-state index contributed by atoms with van der Waals surface area (Å²) >= 11 is 0. The van der Waals surface area contributed by atoms with Crippen LogP contribution >= 0.6 is 12.4 Å². The van der Waals surface area contributed by atoms with Gasteiger partial charge in [-0.15, -0.1) is 12.4 Å². The molecule has 5 heteroatoms. The minimum absolute atomic E-state index is 0. The van der Waals surface area contributed by atoms with Gasteiger partial charge in [0.15, 0.2) is 0 Å². The topological polar surface area (TPSA) is 64.3 Å². The molecular formula is C13H21ClN2O2. The largest absolute Gasteiger partial charge is 0.494 e. The van der Waals surface area contributed by atoms with Crippen molar-refractivity contribution < 1.29 is 9.53 Å². The highest BCUT2D eigenvalue weighted by molar-refractivity contribution is 5.85. The van der Waals surface area contributed by atoms with Crippen molar-refractivity contribution in [3.63, 3.8) is 0 Å². The number of rotatable bonds is 6. The van der Waals surface area contributed by atoms with Gasteiger partial charge in [0.1, 0.15) is 5.75 Å². The quantitative estimate of drug-likeness (QED) is 0.825. The first-order valence-electron chi connectivity index (χ1n) is 5.86. The second-order valence-corrected chi connectivity index (χ2v) is 3.92. The van der Waals surface area contributed by atoms with Crippen LogP contribution in [-0.4, -0.2) is 25.6 Å². The third-order valence-corrected chi connectivity index (χ3v) is 2.43. The highest BCUT2D eigenvalue weighted by atomic mass is 35.5. The first-order valence-corrected chi connectivity index (χ1v) is 5.86. The van der Waals surface area contributed by atoms with E-state index in [1.54, 1.807) is 7.05 Å². The molecule has 0 unspecified atom stereocenters. The van der Waals surface area contributed by atoms with Crippen LogP contribution in [0, 0.1) is 0 Å². The van der Waals surface area contributed by atoms with Gasteiger partial charge in [-0.05, 0) is 30.5 Å². The van der Waals surface area contributed by atoms with E-state index in [1.807, 2.05) is 24.3 Å². The van der Waals surface area contributed by atoms with E-state index >= 15 is 0 Å². The third-order valence-electron chi connectivity index (χ3n) is 2.43. The van der Waals surface area contributed by atoms with Gasteiger partial charge < -0.3 is 15.8 Å². The molecule has 1 amide bonds. The monoisotopic (exact) mass is 272 g/mol. The van der Waals surface area contributed by atoms with Gasteiger partial charge in [-0.25, -0.2) is 0 Å². The summed E-state index contributed by atoms with van der Waals surface area (Å²) in [6.07, 6.45) is 1.52. The van der Waals surface area contributed by atoms with Crippen molar-refractivity contribution in [3.8, 4) is 5.75 Å². The Morgan fingerprint density at radius 3 is 2.50 bits per heavy atom. The molecular weight excluding hydrogens is 252 g/mol. The van der Waals surface area contributed by atoms with Crippen LogP contribution in [0.2, 0.25) is 0 Å². The van der Waals surface area contributed by atoms with E-state index in [0.717, 1.165) is 24.3 Å². The average Bonchev–Trinajstić information content (AvgIpc) is 2.37. The van der Waals surface area contributed by atoms with Crippen LogP contribution in [0.25, 0.3) is 0 Å². The van der Waals surface area contributed by atoms with Gasteiger partial charge in [0, 0.05) is 7.05 Å². The summed E-state index contributed by atoms with van der Waals surface area (Å²) in [6.45, 7) is 2.79. The average molecular weight is 273 g/mol. The van der Waals surface area contributed by atoms with Gasteiger partial charge in [0.05, 0.1) is 12.6 Å². The minimum Gasteiger partial charge on any atom is -0.494 e. The molecule has 0 saturated carbocycles. The normalized spacial score (nSPS) is 11.3. The van der Waals surface area contributed by atoms with Crippen molar-refractivity contribution in [2.75, 3.05) is 13.7 Å². The number of likely N-dealkylation sites (N-methyl/N-ethyl adjacent to an activating group) is 1. The minimum atomic E-state index is -0.498. The number of amides is 1. The Hall–Kier alpha value is -1.26. The second-order valence-electron chi connectivity index (χ2n) is 3.92. The molecule has 1 aromatic rings. The number of hydrogen-bond donors (Lipinski definition) is 2. The van der Waals surface area contributed by atoms with Crippen LogP contribution in [0.5, 0.6) is 5.75 Å². The van der Waals surface area contributed by atoms with Gasteiger partial charge in [-0.2, -0.15) is 0 Å². The van der Waals surface area contributed by atoms with E-state index in [9.17, 15) is 4.79 Å². The van der Waals surface area contributed by atoms with Gasteiger partial charge in [0.25, 0.3) is 0 Å². The summed E-state index contributed by atoms with van der Waals surface area (Å²) in [4.78, 5) is 11.3. The number of benzene rings is 1. The zero-order valence-corrected chi connectivity index (χ0v) is 11.6. The second kappa shape index (κ2) is 8.78. The van der Waals surface area contributed by atoms with E-state index in [0.29, 0.717) is 6.42 Å². The SMILES string of the molecule is CCCOc1ccc(C[C@H](N)C(=O)NC)cc1.Cl.